The van der Waals surface area contributed by atoms with Crippen LogP contribution in [0.15, 0.2) is 23.1 Å². The van der Waals surface area contributed by atoms with Crippen LogP contribution in [-0.2, 0) is 15.3 Å². The molecule has 3 rings (SSSR count). The zero-order chi connectivity index (χ0) is 15.3. The summed E-state index contributed by atoms with van der Waals surface area (Å²) in [4.78, 5) is 8.25. The number of hydrogen-bond acceptors (Lipinski definition) is 4. The minimum atomic E-state index is -3.21. The maximum absolute atomic E-state index is 11.6. The topological polar surface area (TPSA) is 88.8 Å². The second-order valence-electron chi connectivity index (χ2n) is 6.31. The van der Waals surface area contributed by atoms with Gasteiger partial charge in [0.1, 0.15) is 5.82 Å². The van der Waals surface area contributed by atoms with Gasteiger partial charge in [0, 0.05) is 17.7 Å². The van der Waals surface area contributed by atoms with Crippen molar-refractivity contribution >= 4 is 20.9 Å². The van der Waals surface area contributed by atoms with Crippen LogP contribution in [0, 0.1) is 0 Å². The molecule has 2 atom stereocenters. The number of benzene rings is 1. The first-order valence-corrected chi connectivity index (χ1v) is 9.16. The summed E-state index contributed by atoms with van der Waals surface area (Å²) in [6, 6.07) is 5.09. The van der Waals surface area contributed by atoms with E-state index in [0.717, 1.165) is 42.5 Å². The Hall–Kier alpha value is -1.40. The Balaban J connectivity index is 2.09. The van der Waals surface area contributed by atoms with Gasteiger partial charge in [-0.25, -0.2) is 13.4 Å². The van der Waals surface area contributed by atoms with Crippen molar-refractivity contribution in [2.45, 2.75) is 49.0 Å². The van der Waals surface area contributed by atoms with Crippen molar-refractivity contribution in [3.05, 3.63) is 24.0 Å². The van der Waals surface area contributed by atoms with Gasteiger partial charge in [0.2, 0.25) is 0 Å². The number of rotatable bonds is 2. The van der Waals surface area contributed by atoms with Crippen LogP contribution in [0.1, 0.15) is 38.4 Å². The van der Waals surface area contributed by atoms with E-state index in [2.05, 4.69) is 16.9 Å². The minimum absolute atomic E-state index is 0.0844. The number of aromatic amines is 1. The van der Waals surface area contributed by atoms with E-state index in [1.807, 2.05) is 0 Å². The molecule has 1 fully saturated rings. The van der Waals surface area contributed by atoms with E-state index >= 15 is 0 Å². The number of hydrogen-bond donors (Lipinski definition) is 2. The van der Waals surface area contributed by atoms with Gasteiger partial charge in [0.05, 0.1) is 15.9 Å². The predicted molar refractivity (Wildman–Crippen MR) is 83.0 cm³/mol. The van der Waals surface area contributed by atoms with Gasteiger partial charge < -0.3 is 10.7 Å². The summed E-state index contributed by atoms with van der Waals surface area (Å²) in [6.45, 7) is 2.14. The Morgan fingerprint density at radius 1 is 1.38 bits per heavy atom. The molecule has 1 aromatic carbocycles. The molecular weight excluding hydrogens is 286 g/mol. The molecule has 0 bridgehead atoms. The summed E-state index contributed by atoms with van der Waals surface area (Å²) in [5, 5.41) is 0. The molecule has 0 saturated heterocycles. The largest absolute Gasteiger partial charge is 0.341 e. The van der Waals surface area contributed by atoms with Gasteiger partial charge in [-0.1, -0.05) is 19.8 Å². The number of nitrogens with one attached hydrogen (secondary N) is 1. The molecule has 3 N–H and O–H groups in total. The van der Waals surface area contributed by atoms with Crippen LogP contribution < -0.4 is 5.73 Å². The second-order valence-corrected chi connectivity index (χ2v) is 8.32. The highest BCUT2D eigenvalue weighted by atomic mass is 32.2. The predicted octanol–water partition coefficient (Wildman–Crippen LogP) is 2.13. The smallest absolute Gasteiger partial charge is 0.175 e. The van der Waals surface area contributed by atoms with E-state index in [0.29, 0.717) is 4.90 Å². The monoisotopic (exact) mass is 307 g/mol. The van der Waals surface area contributed by atoms with Gasteiger partial charge in [0.25, 0.3) is 0 Å². The van der Waals surface area contributed by atoms with Crippen molar-refractivity contribution in [2.75, 3.05) is 6.26 Å². The first-order chi connectivity index (χ1) is 9.80. The minimum Gasteiger partial charge on any atom is -0.341 e. The first-order valence-electron chi connectivity index (χ1n) is 7.26. The standard InChI is InChI=1S/C15H21N3O2S/c1-15(8-4-3-5-13(15)16)14-17-11-7-6-10(21(2,19)20)9-12(11)18-14/h6-7,9,13H,3-5,8,16H2,1-2H3,(H,17,18). The van der Waals surface area contributed by atoms with Crippen LogP contribution in [0.5, 0.6) is 0 Å². The SMILES string of the molecule is CC1(c2nc3ccc(S(C)(=O)=O)cc3[nH]2)CCCCC1N. The number of sulfone groups is 1. The lowest BCUT2D eigenvalue weighted by Gasteiger charge is -2.37. The lowest BCUT2D eigenvalue weighted by Crippen LogP contribution is -2.46. The van der Waals surface area contributed by atoms with E-state index in [1.165, 1.54) is 6.26 Å². The van der Waals surface area contributed by atoms with Crippen LogP contribution in [0.3, 0.4) is 0 Å². The molecule has 5 nitrogen and oxygen atoms in total. The molecule has 1 heterocycles. The van der Waals surface area contributed by atoms with Gasteiger partial charge in [0.15, 0.2) is 9.84 Å². The average molecular weight is 307 g/mol. The molecule has 1 saturated carbocycles. The Labute approximate surface area is 124 Å². The average Bonchev–Trinajstić information content (AvgIpc) is 2.84. The molecular formula is C15H21N3O2S. The van der Waals surface area contributed by atoms with Crippen molar-refractivity contribution in [1.29, 1.82) is 0 Å². The number of imidazole rings is 1. The summed E-state index contributed by atoms with van der Waals surface area (Å²) in [7, 11) is -3.21. The molecule has 0 aliphatic heterocycles. The number of fused-ring (bicyclic) bond motifs is 1. The maximum atomic E-state index is 11.6. The molecule has 21 heavy (non-hydrogen) atoms. The molecule has 1 aromatic heterocycles. The zero-order valence-corrected chi connectivity index (χ0v) is 13.2. The zero-order valence-electron chi connectivity index (χ0n) is 12.4. The van der Waals surface area contributed by atoms with Gasteiger partial charge >= 0.3 is 0 Å². The number of aromatic nitrogens is 2. The Bertz CT molecular complexity index is 781. The molecule has 114 valence electrons. The molecule has 1 aliphatic carbocycles. The van der Waals surface area contributed by atoms with Crippen molar-refractivity contribution in [3.63, 3.8) is 0 Å². The van der Waals surface area contributed by atoms with E-state index in [9.17, 15) is 8.42 Å². The fraction of sp³-hybridized carbons (Fsp3) is 0.533. The fourth-order valence-corrected chi connectivity index (χ4v) is 3.79. The van der Waals surface area contributed by atoms with Gasteiger partial charge in [-0.2, -0.15) is 0 Å². The number of nitrogens with zero attached hydrogens (tertiary/aromatic N) is 1. The molecule has 0 amide bonds. The molecule has 1 aliphatic rings. The molecule has 2 unspecified atom stereocenters. The highest BCUT2D eigenvalue weighted by Gasteiger charge is 2.38. The van der Waals surface area contributed by atoms with Gasteiger partial charge in [-0.15, -0.1) is 0 Å². The quantitative estimate of drug-likeness (QED) is 0.889. The fourth-order valence-electron chi connectivity index (χ4n) is 3.14. The van der Waals surface area contributed by atoms with Crippen LogP contribution in [0.4, 0.5) is 0 Å². The molecule has 0 spiro atoms. The number of H-pyrrole nitrogens is 1. The Morgan fingerprint density at radius 3 is 2.81 bits per heavy atom. The highest BCUT2D eigenvalue weighted by Crippen LogP contribution is 2.37. The van der Waals surface area contributed by atoms with Crippen LogP contribution >= 0.6 is 0 Å². The summed E-state index contributed by atoms with van der Waals surface area (Å²) in [5.41, 5.74) is 7.69. The van der Waals surface area contributed by atoms with Crippen LogP contribution in [0.2, 0.25) is 0 Å². The van der Waals surface area contributed by atoms with E-state index in [1.54, 1.807) is 18.2 Å². The van der Waals surface area contributed by atoms with Crippen molar-refractivity contribution < 1.29 is 8.42 Å². The molecule has 6 heteroatoms. The molecule has 2 aromatic rings. The third-order valence-corrected chi connectivity index (χ3v) is 5.81. The van der Waals surface area contributed by atoms with Crippen molar-refractivity contribution in [3.8, 4) is 0 Å². The van der Waals surface area contributed by atoms with Crippen molar-refractivity contribution in [2.24, 2.45) is 5.73 Å². The summed E-state index contributed by atoms with van der Waals surface area (Å²) in [5.74, 6) is 0.871. The summed E-state index contributed by atoms with van der Waals surface area (Å²) in [6.07, 6.45) is 5.53. The maximum Gasteiger partial charge on any atom is 0.175 e. The summed E-state index contributed by atoms with van der Waals surface area (Å²) < 4.78 is 23.3. The van der Waals surface area contributed by atoms with E-state index < -0.39 is 9.84 Å². The lowest BCUT2D eigenvalue weighted by atomic mass is 9.71. The lowest BCUT2D eigenvalue weighted by molar-refractivity contribution is 0.260. The third-order valence-electron chi connectivity index (χ3n) is 4.70. The van der Waals surface area contributed by atoms with E-state index in [-0.39, 0.29) is 11.5 Å². The third kappa shape index (κ3) is 2.46. The molecule has 0 radical (unpaired) electrons. The van der Waals surface area contributed by atoms with Crippen molar-refractivity contribution in [1.82, 2.24) is 9.97 Å². The number of nitrogens with two attached hydrogens (primary N) is 1. The van der Waals surface area contributed by atoms with Crippen LogP contribution in [0.25, 0.3) is 11.0 Å². The second kappa shape index (κ2) is 4.81. The van der Waals surface area contributed by atoms with Crippen LogP contribution in [-0.4, -0.2) is 30.7 Å². The Morgan fingerprint density at radius 2 is 2.14 bits per heavy atom. The van der Waals surface area contributed by atoms with Gasteiger partial charge in [-0.3, -0.25) is 0 Å². The summed E-state index contributed by atoms with van der Waals surface area (Å²) >= 11 is 0. The first kappa shape index (κ1) is 14.5. The normalized spacial score (nSPS) is 27.1. The van der Waals surface area contributed by atoms with Gasteiger partial charge in [-0.05, 0) is 31.0 Å². The Kier molecular flexibility index (Phi) is 3.33. The van der Waals surface area contributed by atoms with E-state index in [4.69, 9.17) is 5.73 Å². The highest BCUT2D eigenvalue weighted by molar-refractivity contribution is 7.90.